The number of carbonyl (C=O) groups excluding carboxylic acids is 1. The van der Waals surface area contributed by atoms with E-state index in [2.05, 4.69) is 36.4 Å². The fraction of sp³-hybridized carbons (Fsp3) is 0.242. The summed E-state index contributed by atoms with van der Waals surface area (Å²) in [4.78, 5) is 14.0. The molecule has 0 atom stereocenters. The van der Waals surface area contributed by atoms with Crippen molar-refractivity contribution >= 4 is 35.5 Å². The maximum atomic E-state index is 14.0. The minimum atomic E-state index is -4.29. The summed E-state index contributed by atoms with van der Waals surface area (Å²) in [6, 6.07) is 35.5. The van der Waals surface area contributed by atoms with Crippen LogP contribution in [0.25, 0.3) is 0 Å². The number of hydrogen-bond donors (Lipinski definition) is 0. The van der Waals surface area contributed by atoms with Crippen molar-refractivity contribution < 1.29 is 37.0 Å². The summed E-state index contributed by atoms with van der Waals surface area (Å²) in [7, 11) is 0. The van der Waals surface area contributed by atoms with Gasteiger partial charge in [0, 0.05) is 0 Å². The molecule has 9 heteroatoms. The van der Waals surface area contributed by atoms with Crippen molar-refractivity contribution in [3.63, 3.8) is 0 Å². The average molecular weight is 680 g/mol. The van der Waals surface area contributed by atoms with E-state index < -0.39 is 24.8 Å². The first kappa shape index (κ1) is 31.5. The van der Waals surface area contributed by atoms with Gasteiger partial charge in [-0.05, 0) is 0 Å². The summed E-state index contributed by atoms with van der Waals surface area (Å²) in [5, 5.41) is 0. The molecule has 3 N–H and O–H groups in total. The molecule has 220 valence electrons. The zero-order valence-corrected chi connectivity index (χ0v) is 26.3. The molecule has 0 bridgehead atoms. The summed E-state index contributed by atoms with van der Waals surface area (Å²) in [5.74, 6) is 0.575. The van der Waals surface area contributed by atoms with Crippen LogP contribution >= 0.6 is 0 Å². The Morgan fingerprint density at radius 3 is 1.38 bits per heavy atom. The molecule has 0 saturated carbocycles. The van der Waals surface area contributed by atoms with E-state index in [0.717, 1.165) is 10.7 Å². The molecule has 5 rings (SSSR count). The van der Waals surface area contributed by atoms with Crippen molar-refractivity contribution in [2.45, 2.75) is 0 Å². The SMILES string of the molecule is O=C([O][Sn]([c]1ccccc1)([c]1ccccc1)[c]1ccccc1)c1ccc2c(c1)OCCOCCOCCOCCO2.[OH3+]. The molecule has 4 aromatic carbocycles. The van der Waals surface area contributed by atoms with Gasteiger partial charge in [-0.2, -0.15) is 0 Å². The van der Waals surface area contributed by atoms with Crippen LogP contribution in [0, 0.1) is 0 Å². The predicted molar refractivity (Wildman–Crippen MR) is 164 cm³/mol. The standard InChI is InChI=1S/C15H20O7.3C6H5.H2O.Sn/c16-15(17)12-1-2-13-14(11-12)22-10-8-20-6-4-18-3-5-19-7-9-21-13;3*1-2-4-6-5-3-1;;/h1-2,11H,3-10H2,(H,16,17);3*1-5H;1H2;/q;;;;;+1. The molecule has 1 aliphatic rings. The van der Waals surface area contributed by atoms with Crippen LogP contribution in [0.4, 0.5) is 0 Å². The first-order valence-electron chi connectivity index (χ1n) is 13.8. The Labute approximate surface area is 250 Å². The van der Waals surface area contributed by atoms with Gasteiger partial charge in [-0.25, -0.2) is 0 Å². The van der Waals surface area contributed by atoms with Gasteiger partial charge in [0.15, 0.2) is 0 Å². The van der Waals surface area contributed by atoms with Gasteiger partial charge in [0.2, 0.25) is 0 Å². The van der Waals surface area contributed by atoms with Gasteiger partial charge in [0.05, 0.1) is 0 Å². The van der Waals surface area contributed by atoms with Gasteiger partial charge < -0.3 is 5.48 Å². The zero-order chi connectivity index (χ0) is 28.2. The molecule has 0 aromatic heterocycles. The van der Waals surface area contributed by atoms with Gasteiger partial charge in [0.1, 0.15) is 0 Å². The minimum Gasteiger partial charge on any atom is -0.457 e. The molecule has 1 aliphatic heterocycles. The Morgan fingerprint density at radius 2 is 0.929 bits per heavy atom. The molecule has 8 nitrogen and oxygen atoms in total. The number of ether oxygens (including phenoxy) is 5. The van der Waals surface area contributed by atoms with Crippen LogP contribution in [-0.4, -0.2) is 77.6 Å². The maximum absolute atomic E-state index is 14.0. The van der Waals surface area contributed by atoms with E-state index in [4.69, 9.17) is 26.8 Å². The van der Waals surface area contributed by atoms with E-state index in [0.29, 0.717) is 69.9 Å². The topological polar surface area (TPSA) is 105 Å². The number of carbonyl (C=O) groups is 1. The first-order valence-corrected chi connectivity index (χ1v) is 19.2. The van der Waals surface area contributed by atoms with Crippen molar-refractivity contribution in [2.24, 2.45) is 0 Å². The van der Waals surface area contributed by atoms with Crippen molar-refractivity contribution in [2.75, 3.05) is 52.9 Å². The molecular formula is C33H37O8Sn+. The van der Waals surface area contributed by atoms with Crippen LogP contribution in [0.3, 0.4) is 0 Å². The Bertz CT molecular complexity index is 1270. The summed E-state index contributed by atoms with van der Waals surface area (Å²) >= 11 is -4.29. The van der Waals surface area contributed by atoms with E-state index in [1.54, 1.807) is 18.2 Å². The van der Waals surface area contributed by atoms with E-state index in [9.17, 15) is 4.79 Å². The van der Waals surface area contributed by atoms with Gasteiger partial charge in [0.25, 0.3) is 0 Å². The van der Waals surface area contributed by atoms with Crippen LogP contribution in [0.15, 0.2) is 109 Å². The number of benzene rings is 4. The molecule has 0 saturated heterocycles. The molecule has 0 amide bonds. The first-order chi connectivity index (χ1) is 20.3. The van der Waals surface area contributed by atoms with Gasteiger partial charge in [-0.1, -0.05) is 0 Å². The number of hydrogen-bond acceptors (Lipinski definition) is 7. The van der Waals surface area contributed by atoms with Crippen LogP contribution in [0.5, 0.6) is 11.5 Å². The number of rotatable bonds is 5. The van der Waals surface area contributed by atoms with E-state index in [1.807, 2.05) is 54.6 Å². The van der Waals surface area contributed by atoms with Gasteiger partial charge in [-0.3, -0.25) is 0 Å². The third-order valence-corrected chi connectivity index (χ3v) is 17.9. The number of fused-ring (bicyclic) bond motifs is 1. The normalized spacial score (nSPS) is 14.9. The fourth-order valence-electron chi connectivity index (χ4n) is 4.72. The monoisotopic (exact) mass is 681 g/mol. The molecule has 0 spiro atoms. The minimum absolute atomic E-state index is 0. The van der Waals surface area contributed by atoms with E-state index >= 15 is 0 Å². The Hall–Kier alpha value is -3.41. The van der Waals surface area contributed by atoms with Gasteiger partial charge in [-0.15, -0.1) is 0 Å². The second kappa shape index (κ2) is 16.3. The van der Waals surface area contributed by atoms with Crippen molar-refractivity contribution in [1.82, 2.24) is 0 Å². The Balaban J connectivity index is 0.00000405. The summed E-state index contributed by atoms with van der Waals surface area (Å²) in [6.07, 6.45) is 0. The molecule has 4 aromatic rings. The second-order valence-electron chi connectivity index (χ2n) is 9.36. The predicted octanol–water partition coefficient (Wildman–Crippen LogP) is 2.41. The largest absolute Gasteiger partial charge is 0.457 e. The molecule has 0 fully saturated rings. The average Bonchev–Trinajstić information content (AvgIpc) is 3.04. The van der Waals surface area contributed by atoms with Crippen LogP contribution in [-0.2, 0) is 22.8 Å². The third kappa shape index (κ3) is 7.90. The summed E-state index contributed by atoms with van der Waals surface area (Å²) in [5.41, 5.74) is 0.389. The molecule has 1 heterocycles. The molecule has 0 aliphatic carbocycles. The summed E-state index contributed by atoms with van der Waals surface area (Å²) in [6.45, 7) is 3.36. The Kier molecular flexibility index (Phi) is 12.2. The van der Waals surface area contributed by atoms with E-state index in [1.165, 1.54) is 0 Å². The third-order valence-electron chi connectivity index (χ3n) is 6.68. The molecular weight excluding hydrogens is 643 g/mol. The Morgan fingerprint density at radius 1 is 0.524 bits per heavy atom. The second-order valence-corrected chi connectivity index (χ2v) is 18.8. The summed E-state index contributed by atoms with van der Waals surface area (Å²) < 4.78 is 38.5. The quantitative estimate of drug-likeness (QED) is 0.236. The van der Waals surface area contributed by atoms with Crippen LogP contribution in [0.1, 0.15) is 10.4 Å². The van der Waals surface area contributed by atoms with Crippen LogP contribution in [0.2, 0.25) is 0 Å². The molecule has 0 unspecified atom stereocenters. The van der Waals surface area contributed by atoms with E-state index in [-0.39, 0.29) is 5.48 Å². The van der Waals surface area contributed by atoms with Crippen LogP contribution < -0.4 is 20.2 Å². The fourth-order valence-corrected chi connectivity index (χ4v) is 15.4. The van der Waals surface area contributed by atoms with Crippen molar-refractivity contribution in [3.05, 3.63) is 115 Å². The molecule has 42 heavy (non-hydrogen) atoms. The van der Waals surface area contributed by atoms with Crippen molar-refractivity contribution in [3.8, 4) is 11.5 Å². The smallest absolute Gasteiger partial charge is 0.457 e. The zero-order valence-electron chi connectivity index (χ0n) is 23.5. The van der Waals surface area contributed by atoms with Gasteiger partial charge >= 0.3 is 246 Å². The maximum Gasteiger partial charge on any atom is -0.457 e. The van der Waals surface area contributed by atoms with Crippen molar-refractivity contribution in [1.29, 1.82) is 0 Å². The molecule has 0 radical (unpaired) electrons.